The second-order valence-corrected chi connectivity index (χ2v) is 3.36. The Morgan fingerprint density at radius 3 is 2.92 bits per heavy atom. The molecule has 13 heavy (non-hydrogen) atoms. The van der Waals surface area contributed by atoms with Crippen LogP contribution in [-0.4, -0.2) is 6.04 Å². The standard InChI is InChI=1S/C12H13N/c1-9-7-8-10(2)13-12-6-4-3-5-11(9)12/h3-8,10,13H,1H2,2H3. The molecule has 1 aliphatic rings. The lowest BCUT2D eigenvalue weighted by Gasteiger charge is -2.11. The summed E-state index contributed by atoms with van der Waals surface area (Å²) in [6.07, 6.45) is 4.20. The molecule has 0 radical (unpaired) electrons. The van der Waals surface area contributed by atoms with Crippen LogP contribution in [0.5, 0.6) is 0 Å². The third-order valence-corrected chi connectivity index (χ3v) is 2.24. The maximum atomic E-state index is 4.02. The molecule has 1 heterocycles. The molecular weight excluding hydrogens is 158 g/mol. The molecule has 0 saturated carbocycles. The molecule has 1 unspecified atom stereocenters. The average Bonchev–Trinajstić information content (AvgIpc) is 2.27. The molecule has 1 atom stereocenters. The summed E-state index contributed by atoms with van der Waals surface area (Å²) >= 11 is 0. The van der Waals surface area contributed by atoms with Crippen molar-refractivity contribution < 1.29 is 0 Å². The van der Waals surface area contributed by atoms with Crippen molar-refractivity contribution in [2.75, 3.05) is 5.32 Å². The van der Waals surface area contributed by atoms with Crippen molar-refractivity contribution in [2.24, 2.45) is 0 Å². The number of para-hydroxylation sites is 1. The molecular formula is C12H13N. The molecule has 0 aromatic heterocycles. The maximum Gasteiger partial charge on any atom is 0.0424 e. The SMILES string of the molecule is C=C1C=CC(C)Nc2ccccc21. The molecule has 0 saturated heterocycles. The third kappa shape index (κ3) is 1.50. The predicted octanol–water partition coefficient (Wildman–Crippen LogP) is 3.07. The van der Waals surface area contributed by atoms with Crippen LogP contribution in [0.2, 0.25) is 0 Å². The summed E-state index contributed by atoms with van der Waals surface area (Å²) in [6, 6.07) is 8.63. The second kappa shape index (κ2) is 3.09. The van der Waals surface area contributed by atoms with E-state index in [-0.39, 0.29) is 0 Å². The average molecular weight is 171 g/mol. The molecule has 0 aliphatic carbocycles. The van der Waals surface area contributed by atoms with Gasteiger partial charge in [0.1, 0.15) is 0 Å². The van der Waals surface area contributed by atoms with E-state index in [1.54, 1.807) is 0 Å². The quantitative estimate of drug-likeness (QED) is 0.632. The van der Waals surface area contributed by atoms with Gasteiger partial charge in [-0.15, -0.1) is 0 Å². The first kappa shape index (κ1) is 8.11. The zero-order valence-corrected chi connectivity index (χ0v) is 7.75. The predicted molar refractivity (Wildman–Crippen MR) is 57.7 cm³/mol. The number of nitrogens with one attached hydrogen (secondary N) is 1. The summed E-state index contributed by atoms with van der Waals surface area (Å²) in [5, 5.41) is 3.41. The molecule has 1 N–H and O–H groups in total. The van der Waals surface area contributed by atoms with E-state index >= 15 is 0 Å². The maximum absolute atomic E-state index is 4.02. The minimum Gasteiger partial charge on any atom is -0.379 e. The first-order chi connectivity index (χ1) is 6.27. The van der Waals surface area contributed by atoms with Gasteiger partial charge in [0.15, 0.2) is 0 Å². The number of hydrogen-bond donors (Lipinski definition) is 1. The monoisotopic (exact) mass is 171 g/mol. The van der Waals surface area contributed by atoms with Crippen LogP contribution < -0.4 is 5.32 Å². The van der Waals surface area contributed by atoms with Crippen molar-refractivity contribution in [1.29, 1.82) is 0 Å². The van der Waals surface area contributed by atoms with Crippen LogP contribution in [0.15, 0.2) is 43.0 Å². The van der Waals surface area contributed by atoms with E-state index in [0.29, 0.717) is 6.04 Å². The van der Waals surface area contributed by atoms with Gasteiger partial charge < -0.3 is 5.32 Å². The van der Waals surface area contributed by atoms with Crippen molar-refractivity contribution in [3.63, 3.8) is 0 Å². The van der Waals surface area contributed by atoms with Crippen molar-refractivity contribution in [3.05, 3.63) is 48.6 Å². The first-order valence-corrected chi connectivity index (χ1v) is 4.50. The molecule has 66 valence electrons. The van der Waals surface area contributed by atoms with E-state index in [1.807, 2.05) is 12.1 Å². The van der Waals surface area contributed by atoms with E-state index in [1.165, 1.54) is 11.3 Å². The number of anilines is 1. The number of fused-ring (bicyclic) bond motifs is 1. The Balaban J connectivity index is 2.51. The highest BCUT2D eigenvalue weighted by Gasteiger charge is 2.08. The van der Waals surface area contributed by atoms with Gasteiger partial charge in [-0.05, 0) is 18.6 Å². The topological polar surface area (TPSA) is 12.0 Å². The van der Waals surface area contributed by atoms with Crippen molar-refractivity contribution in [1.82, 2.24) is 0 Å². The van der Waals surface area contributed by atoms with Gasteiger partial charge in [0.25, 0.3) is 0 Å². The smallest absolute Gasteiger partial charge is 0.0424 e. The number of benzene rings is 1. The number of rotatable bonds is 0. The van der Waals surface area contributed by atoms with Crippen LogP contribution in [-0.2, 0) is 0 Å². The van der Waals surface area contributed by atoms with Gasteiger partial charge in [0.05, 0.1) is 0 Å². The van der Waals surface area contributed by atoms with Gasteiger partial charge in [-0.3, -0.25) is 0 Å². The fraction of sp³-hybridized carbons (Fsp3) is 0.167. The molecule has 0 amide bonds. The number of hydrogen-bond acceptors (Lipinski definition) is 1. The van der Waals surface area contributed by atoms with Gasteiger partial charge >= 0.3 is 0 Å². The van der Waals surface area contributed by atoms with Crippen LogP contribution in [0.4, 0.5) is 5.69 Å². The molecule has 0 bridgehead atoms. The highest BCUT2D eigenvalue weighted by molar-refractivity contribution is 5.82. The van der Waals surface area contributed by atoms with Gasteiger partial charge in [-0.1, -0.05) is 36.9 Å². The Morgan fingerprint density at radius 2 is 2.08 bits per heavy atom. The van der Waals surface area contributed by atoms with E-state index in [9.17, 15) is 0 Å². The molecule has 1 aromatic carbocycles. The molecule has 0 fully saturated rings. The van der Waals surface area contributed by atoms with Crippen molar-refractivity contribution in [3.8, 4) is 0 Å². The van der Waals surface area contributed by atoms with E-state index in [4.69, 9.17) is 0 Å². The van der Waals surface area contributed by atoms with Crippen LogP contribution in [0.1, 0.15) is 12.5 Å². The minimum atomic E-state index is 0.375. The normalized spacial score (nSPS) is 20.4. The lowest BCUT2D eigenvalue weighted by molar-refractivity contribution is 1.00. The fourth-order valence-corrected chi connectivity index (χ4v) is 1.53. The Hall–Kier alpha value is -1.50. The van der Waals surface area contributed by atoms with Gasteiger partial charge in [-0.25, -0.2) is 0 Å². The summed E-state index contributed by atoms with van der Waals surface area (Å²) in [5.41, 5.74) is 3.44. The minimum absolute atomic E-state index is 0.375. The summed E-state index contributed by atoms with van der Waals surface area (Å²) in [4.78, 5) is 0. The van der Waals surface area contributed by atoms with E-state index in [0.717, 1.165) is 5.57 Å². The Bertz CT molecular complexity index is 363. The number of allylic oxidation sites excluding steroid dienone is 2. The molecule has 0 spiro atoms. The van der Waals surface area contributed by atoms with Crippen LogP contribution >= 0.6 is 0 Å². The Morgan fingerprint density at radius 1 is 1.31 bits per heavy atom. The summed E-state index contributed by atoms with van der Waals surface area (Å²) in [6.45, 7) is 6.15. The zero-order valence-electron chi connectivity index (χ0n) is 7.75. The summed E-state index contributed by atoms with van der Waals surface area (Å²) in [5.74, 6) is 0. The molecule has 1 heteroatoms. The van der Waals surface area contributed by atoms with Crippen molar-refractivity contribution in [2.45, 2.75) is 13.0 Å². The van der Waals surface area contributed by atoms with Crippen LogP contribution in [0.3, 0.4) is 0 Å². The van der Waals surface area contributed by atoms with Crippen LogP contribution in [0.25, 0.3) is 5.57 Å². The Labute approximate surface area is 78.8 Å². The molecule has 1 nitrogen and oxygen atoms in total. The highest BCUT2D eigenvalue weighted by atomic mass is 14.9. The third-order valence-electron chi connectivity index (χ3n) is 2.24. The fourth-order valence-electron chi connectivity index (χ4n) is 1.53. The van der Waals surface area contributed by atoms with Gasteiger partial charge in [-0.2, -0.15) is 0 Å². The lowest BCUT2D eigenvalue weighted by Crippen LogP contribution is -2.10. The van der Waals surface area contributed by atoms with E-state index < -0.39 is 0 Å². The van der Waals surface area contributed by atoms with Gasteiger partial charge in [0, 0.05) is 17.3 Å². The van der Waals surface area contributed by atoms with Crippen molar-refractivity contribution >= 4 is 11.3 Å². The second-order valence-electron chi connectivity index (χ2n) is 3.36. The zero-order chi connectivity index (χ0) is 9.26. The van der Waals surface area contributed by atoms with Gasteiger partial charge in [0.2, 0.25) is 0 Å². The molecule has 2 rings (SSSR count). The first-order valence-electron chi connectivity index (χ1n) is 4.50. The van der Waals surface area contributed by atoms with E-state index in [2.05, 4.69) is 43.1 Å². The summed E-state index contributed by atoms with van der Waals surface area (Å²) in [7, 11) is 0. The summed E-state index contributed by atoms with van der Waals surface area (Å²) < 4.78 is 0. The highest BCUT2D eigenvalue weighted by Crippen LogP contribution is 2.26. The Kier molecular flexibility index (Phi) is 1.93. The molecule has 1 aliphatic heterocycles. The lowest BCUT2D eigenvalue weighted by atomic mass is 10.1. The van der Waals surface area contributed by atoms with Crippen LogP contribution in [0, 0.1) is 0 Å². The molecule has 1 aromatic rings. The largest absolute Gasteiger partial charge is 0.379 e.